The van der Waals surface area contributed by atoms with Crippen molar-refractivity contribution in [2.24, 2.45) is 5.92 Å². The number of hydrogen-bond acceptors (Lipinski definition) is 6. The maximum Gasteiger partial charge on any atom is 0.407 e. The molecule has 12 heteroatoms. The van der Waals surface area contributed by atoms with E-state index in [0.29, 0.717) is 58.9 Å². The molecule has 6 rings (SSSR count). The third-order valence-corrected chi connectivity index (χ3v) is 11.3. The third kappa shape index (κ3) is 7.53. The van der Waals surface area contributed by atoms with Crippen molar-refractivity contribution in [2.75, 3.05) is 19.3 Å². The second-order valence-corrected chi connectivity index (χ2v) is 16.0. The number of nitrogens with zero attached hydrogens (tertiary/aromatic N) is 4. The van der Waals surface area contributed by atoms with Crippen molar-refractivity contribution in [1.29, 1.82) is 5.26 Å². The Labute approximate surface area is 313 Å². The monoisotopic (exact) mass is 751 g/mol. The number of likely N-dealkylation sites (tertiary alicyclic amines) is 1. The Morgan fingerprint density at radius 3 is 2.63 bits per heavy atom. The Bertz CT molecular complexity index is 2030. The van der Waals surface area contributed by atoms with Gasteiger partial charge in [-0.25, -0.2) is 14.2 Å². The molecule has 2 fully saturated rings. The number of carbonyl (C=O) groups excluding carboxylic acids is 2. The molecule has 1 N–H and O–H groups in total. The summed E-state index contributed by atoms with van der Waals surface area (Å²) < 4.78 is 25.0. The number of carbonyl (C=O) groups is 2. The molecule has 0 radical (unpaired) electrons. The smallest absolute Gasteiger partial charge is 0.407 e. The third-order valence-electron chi connectivity index (χ3n) is 9.79. The van der Waals surface area contributed by atoms with Crippen molar-refractivity contribution in [3.05, 3.63) is 57.5 Å². The molecule has 4 aromatic rings. The van der Waals surface area contributed by atoms with Crippen LogP contribution in [0.1, 0.15) is 96.0 Å². The predicted octanol–water partition coefficient (Wildman–Crippen LogP) is 10.4. The highest BCUT2D eigenvalue weighted by Gasteiger charge is 2.41. The highest BCUT2D eigenvalue weighted by Crippen LogP contribution is 2.47. The van der Waals surface area contributed by atoms with Gasteiger partial charge >= 0.3 is 6.09 Å². The van der Waals surface area contributed by atoms with Crippen LogP contribution in [0.15, 0.2) is 35.4 Å². The van der Waals surface area contributed by atoms with E-state index in [1.807, 2.05) is 38.0 Å². The normalized spacial score (nSPS) is 16.8. The van der Waals surface area contributed by atoms with Crippen LogP contribution < -0.4 is 5.32 Å². The SMILES string of the molecule is CCC(CCNC(=O)OC(C)(C)C)n1c(C2CCCN2C(=O)C2CC2)cc2c(SC)nc3c(F)c(-c4cccc(Cl)c4Cl)c(CCC#N)cc3c21. The molecule has 51 heavy (non-hydrogen) atoms. The fourth-order valence-corrected chi connectivity index (χ4v) is 8.33. The van der Waals surface area contributed by atoms with Gasteiger partial charge in [0.05, 0.1) is 27.7 Å². The molecule has 3 heterocycles. The van der Waals surface area contributed by atoms with Gasteiger partial charge in [0, 0.05) is 59.1 Å². The van der Waals surface area contributed by atoms with Gasteiger partial charge in [-0.05, 0) is 95.7 Å². The van der Waals surface area contributed by atoms with Crippen molar-refractivity contribution in [3.63, 3.8) is 0 Å². The Morgan fingerprint density at radius 2 is 1.96 bits per heavy atom. The van der Waals surface area contributed by atoms with Crippen LogP contribution in [-0.4, -0.2) is 51.4 Å². The highest BCUT2D eigenvalue weighted by molar-refractivity contribution is 7.98. The van der Waals surface area contributed by atoms with Crippen LogP contribution in [-0.2, 0) is 16.0 Å². The van der Waals surface area contributed by atoms with E-state index in [9.17, 15) is 14.9 Å². The Hall–Kier alpha value is -3.52. The van der Waals surface area contributed by atoms with Crippen molar-refractivity contribution < 1.29 is 18.7 Å². The fourth-order valence-electron chi connectivity index (χ4n) is 7.38. The summed E-state index contributed by atoms with van der Waals surface area (Å²) in [4.78, 5) is 33.2. The molecule has 1 aliphatic carbocycles. The predicted molar refractivity (Wildman–Crippen MR) is 203 cm³/mol. The molecular weight excluding hydrogens is 708 g/mol. The number of nitrogens with one attached hydrogen (secondary N) is 1. The van der Waals surface area contributed by atoms with Gasteiger partial charge in [0.1, 0.15) is 16.1 Å². The lowest BCUT2D eigenvalue weighted by Crippen LogP contribution is -2.34. The maximum absolute atomic E-state index is 17.2. The molecule has 2 aromatic heterocycles. The molecule has 0 bridgehead atoms. The average Bonchev–Trinajstić information content (AvgIpc) is 3.69. The van der Waals surface area contributed by atoms with E-state index < -0.39 is 17.5 Å². The first-order valence-electron chi connectivity index (χ1n) is 17.7. The van der Waals surface area contributed by atoms with E-state index in [0.717, 1.165) is 42.3 Å². The van der Waals surface area contributed by atoms with E-state index in [1.54, 1.807) is 18.2 Å². The Kier molecular flexibility index (Phi) is 11.1. The van der Waals surface area contributed by atoms with Crippen molar-refractivity contribution in [1.82, 2.24) is 19.8 Å². The maximum atomic E-state index is 17.2. The van der Waals surface area contributed by atoms with E-state index in [1.165, 1.54) is 11.8 Å². The Balaban J connectivity index is 1.60. The van der Waals surface area contributed by atoms with Crippen molar-refractivity contribution in [2.45, 2.75) is 102 Å². The lowest BCUT2D eigenvalue weighted by Gasteiger charge is -2.30. The van der Waals surface area contributed by atoms with Gasteiger partial charge in [0.25, 0.3) is 0 Å². The lowest BCUT2D eigenvalue weighted by atomic mass is 9.93. The summed E-state index contributed by atoms with van der Waals surface area (Å²) in [6.07, 6.45) is 6.78. The number of thioether (sulfide) groups is 1. The zero-order valence-electron chi connectivity index (χ0n) is 29.7. The Morgan fingerprint density at radius 1 is 1.20 bits per heavy atom. The minimum absolute atomic E-state index is 0.0845. The molecule has 270 valence electrons. The number of nitriles is 1. The standard InChI is InChI=1S/C39H44Cl2FN5O3S/c1-6-24(16-18-44-38(49)50-39(2,3)4)47-30(29-13-9-19-46(29)37(48)22-14-15-22)21-27-35(47)26-20-23(10-8-17-43)31(25-11-7-12-28(40)32(25)41)33(42)34(26)45-36(27)51-5/h7,11-12,20-22,24,29H,6,8-10,13-16,18-19H2,1-5H3,(H,44,49). The number of fused-ring (bicyclic) bond motifs is 3. The average molecular weight is 753 g/mol. The van der Waals surface area contributed by atoms with Crippen LogP contribution in [0, 0.1) is 23.1 Å². The number of amides is 2. The number of benzene rings is 2. The minimum atomic E-state index is -0.625. The summed E-state index contributed by atoms with van der Waals surface area (Å²) in [5.74, 6) is -0.238. The van der Waals surface area contributed by atoms with Crippen molar-refractivity contribution >= 4 is 68.8 Å². The zero-order valence-corrected chi connectivity index (χ0v) is 32.1. The second-order valence-electron chi connectivity index (χ2n) is 14.4. The fraction of sp³-hybridized carbons (Fsp3) is 0.487. The van der Waals surface area contributed by atoms with E-state index >= 15 is 4.39 Å². The van der Waals surface area contributed by atoms with Crippen LogP contribution in [0.3, 0.4) is 0 Å². The summed E-state index contributed by atoms with van der Waals surface area (Å²) in [6, 6.07) is 11.2. The van der Waals surface area contributed by atoms with Crippen molar-refractivity contribution in [3.8, 4) is 17.2 Å². The number of aromatic nitrogens is 2. The van der Waals surface area contributed by atoms with Crippen LogP contribution >= 0.6 is 35.0 Å². The molecule has 1 saturated heterocycles. The highest BCUT2D eigenvalue weighted by atomic mass is 35.5. The molecule has 2 aliphatic rings. The first-order chi connectivity index (χ1) is 24.4. The zero-order chi connectivity index (χ0) is 36.6. The second kappa shape index (κ2) is 15.2. The molecule has 1 saturated carbocycles. The van der Waals surface area contributed by atoms with Gasteiger partial charge in [-0.2, -0.15) is 5.26 Å². The van der Waals surface area contributed by atoms with Gasteiger partial charge < -0.3 is 19.5 Å². The summed E-state index contributed by atoms with van der Waals surface area (Å²) in [5.41, 5.74) is 2.75. The number of hydrogen-bond donors (Lipinski definition) is 1. The van der Waals surface area contributed by atoms with Gasteiger partial charge in [0.2, 0.25) is 5.91 Å². The van der Waals surface area contributed by atoms with Crippen LogP contribution in [0.25, 0.3) is 32.9 Å². The summed E-state index contributed by atoms with van der Waals surface area (Å²) in [5, 5.41) is 15.2. The molecule has 2 amide bonds. The molecule has 1 aliphatic heterocycles. The summed E-state index contributed by atoms with van der Waals surface area (Å²) >= 11 is 14.5. The van der Waals surface area contributed by atoms with E-state index in [-0.39, 0.29) is 46.4 Å². The van der Waals surface area contributed by atoms with Crippen LogP contribution in [0.5, 0.6) is 0 Å². The topological polar surface area (TPSA) is 100 Å². The largest absolute Gasteiger partial charge is 0.444 e. The minimum Gasteiger partial charge on any atom is -0.444 e. The number of ether oxygens (including phenoxy) is 1. The lowest BCUT2D eigenvalue weighted by molar-refractivity contribution is -0.133. The molecular formula is C39H44Cl2FN5O3S. The van der Waals surface area contributed by atoms with Crippen LogP contribution in [0.4, 0.5) is 9.18 Å². The number of alkyl carbamates (subject to hydrolysis) is 1. The molecule has 0 spiro atoms. The molecule has 8 nitrogen and oxygen atoms in total. The molecule has 2 atom stereocenters. The first-order valence-corrected chi connectivity index (χ1v) is 19.7. The number of halogens is 3. The first kappa shape index (κ1) is 37.2. The number of rotatable bonds is 11. The van der Waals surface area contributed by atoms with Gasteiger partial charge in [-0.15, -0.1) is 11.8 Å². The quantitative estimate of drug-likeness (QED) is 0.153. The van der Waals surface area contributed by atoms with Gasteiger partial charge in [0.15, 0.2) is 5.82 Å². The van der Waals surface area contributed by atoms with E-state index in [4.69, 9.17) is 32.9 Å². The summed E-state index contributed by atoms with van der Waals surface area (Å²) in [7, 11) is 0. The molecule has 2 aromatic carbocycles. The number of pyridine rings is 1. The summed E-state index contributed by atoms with van der Waals surface area (Å²) in [6.45, 7) is 8.65. The van der Waals surface area contributed by atoms with Gasteiger partial charge in [-0.1, -0.05) is 42.3 Å². The van der Waals surface area contributed by atoms with Gasteiger partial charge in [-0.3, -0.25) is 4.79 Å². The van der Waals surface area contributed by atoms with E-state index in [2.05, 4.69) is 28.9 Å². The molecule has 2 unspecified atom stereocenters. The number of aryl methyl sites for hydroxylation is 1. The van der Waals surface area contributed by atoms with Crippen LogP contribution in [0.2, 0.25) is 10.0 Å².